The van der Waals surface area contributed by atoms with E-state index in [9.17, 15) is 24.9 Å². The molecule has 5 heteroatoms. The molecule has 3 aromatic carbocycles. The normalized spacial score (nSPS) is 14.1. The Morgan fingerprint density at radius 1 is 0.821 bits per heavy atom. The summed E-state index contributed by atoms with van der Waals surface area (Å²) in [6.45, 7) is -0.380. The van der Waals surface area contributed by atoms with Gasteiger partial charge < -0.3 is 15.3 Å². The summed E-state index contributed by atoms with van der Waals surface area (Å²) < 4.78 is 0. The molecular weight excluding hydrogens is 356 g/mol. The molecule has 0 saturated carbocycles. The van der Waals surface area contributed by atoms with Gasteiger partial charge in [-0.2, -0.15) is 0 Å². The lowest BCUT2D eigenvalue weighted by atomic mass is 9.84. The first kappa shape index (κ1) is 19.5. The lowest BCUT2D eigenvalue weighted by molar-refractivity contribution is -0.155. The third-order valence-electron chi connectivity index (χ3n) is 4.77. The number of carbonyl (C=O) groups excluding carboxylic acids is 1. The highest BCUT2D eigenvalue weighted by molar-refractivity contribution is 6.01. The van der Waals surface area contributed by atoms with Crippen LogP contribution in [0.3, 0.4) is 0 Å². The highest BCUT2D eigenvalue weighted by Crippen LogP contribution is 2.31. The van der Waals surface area contributed by atoms with Gasteiger partial charge in [0.25, 0.3) is 0 Å². The summed E-state index contributed by atoms with van der Waals surface area (Å²) in [4.78, 5) is 24.9. The number of carboxylic acid groups (broad SMARTS) is 1. The molecule has 2 unspecified atom stereocenters. The average molecular weight is 376 g/mol. The van der Waals surface area contributed by atoms with Gasteiger partial charge in [-0.05, 0) is 17.2 Å². The summed E-state index contributed by atoms with van der Waals surface area (Å²) in [7, 11) is 0. The number of hydrogen-bond acceptors (Lipinski definition) is 4. The van der Waals surface area contributed by atoms with Crippen molar-refractivity contribution < 1.29 is 24.9 Å². The minimum atomic E-state index is -2.29. The van der Waals surface area contributed by atoms with Gasteiger partial charge in [-0.15, -0.1) is 0 Å². The summed E-state index contributed by atoms with van der Waals surface area (Å²) in [5.41, 5.74) is -1.15. The van der Waals surface area contributed by atoms with Crippen LogP contribution in [0.1, 0.15) is 33.0 Å². The minimum absolute atomic E-state index is 0.0711. The van der Waals surface area contributed by atoms with Gasteiger partial charge in [0, 0.05) is 11.1 Å². The van der Waals surface area contributed by atoms with Gasteiger partial charge >= 0.3 is 5.97 Å². The van der Waals surface area contributed by atoms with Crippen molar-refractivity contribution in [3.63, 3.8) is 0 Å². The first-order chi connectivity index (χ1) is 13.5. The maximum atomic E-state index is 13.0. The van der Waals surface area contributed by atoms with Gasteiger partial charge in [0.05, 0.1) is 12.5 Å². The maximum absolute atomic E-state index is 13.0. The van der Waals surface area contributed by atoms with Crippen LogP contribution in [0, 0.1) is 0 Å². The van der Waals surface area contributed by atoms with Crippen LogP contribution in [-0.2, 0) is 10.4 Å². The predicted octanol–water partition coefficient (Wildman–Crippen LogP) is 2.97. The number of benzene rings is 3. The van der Waals surface area contributed by atoms with Crippen molar-refractivity contribution in [1.29, 1.82) is 0 Å². The number of aliphatic hydroxyl groups excluding tert-OH is 1. The van der Waals surface area contributed by atoms with E-state index >= 15 is 0 Å². The molecule has 0 spiro atoms. The highest BCUT2D eigenvalue weighted by atomic mass is 16.4. The molecule has 3 aromatic rings. The van der Waals surface area contributed by atoms with Gasteiger partial charge in [0.1, 0.15) is 0 Å². The van der Waals surface area contributed by atoms with E-state index < -0.39 is 17.5 Å². The van der Waals surface area contributed by atoms with Crippen LogP contribution in [0.5, 0.6) is 0 Å². The maximum Gasteiger partial charge on any atom is 0.345 e. The Kier molecular flexibility index (Phi) is 5.68. The lowest BCUT2D eigenvalue weighted by Crippen LogP contribution is -2.37. The second-order valence-electron chi connectivity index (χ2n) is 6.47. The van der Waals surface area contributed by atoms with Crippen molar-refractivity contribution >= 4 is 11.8 Å². The standard InChI is InChI=1S/C23H20O5/c24-15-20(16-8-3-1-4-9-16)21(25)17-10-7-13-19(14-17)23(28,22(26)27)18-11-5-2-6-12-18/h1-14,20,24,28H,15H2,(H,26,27). The summed E-state index contributed by atoms with van der Waals surface area (Å²) >= 11 is 0. The second kappa shape index (κ2) is 8.17. The van der Waals surface area contributed by atoms with Gasteiger partial charge in [0.15, 0.2) is 5.78 Å². The van der Waals surface area contributed by atoms with E-state index in [1.54, 1.807) is 48.5 Å². The fraction of sp³-hybridized carbons (Fsp3) is 0.130. The third kappa shape index (κ3) is 3.58. The smallest absolute Gasteiger partial charge is 0.345 e. The van der Waals surface area contributed by atoms with E-state index in [2.05, 4.69) is 0 Å². The minimum Gasteiger partial charge on any atom is -0.479 e. The van der Waals surface area contributed by atoms with E-state index in [0.29, 0.717) is 5.56 Å². The number of aliphatic carboxylic acids is 1. The predicted molar refractivity (Wildman–Crippen MR) is 104 cm³/mol. The molecule has 3 rings (SSSR count). The topological polar surface area (TPSA) is 94.8 Å². The van der Waals surface area contributed by atoms with E-state index in [4.69, 9.17) is 0 Å². The van der Waals surface area contributed by atoms with Gasteiger partial charge in [-0.25, -0.2) is 4.79 Å². The number of ketones is 1. The Labute approximate surface area is 162 Å². The van der Waals surface area contributed by atoms with Crippen molar-refractivity contribution in [2.75, 3.05) is 6.61 Å². The summed E-state index contributed by atoms with van der Waals surface area (Å²) in [5, 5.41) is 30.5. The number of carboxylic acids is 1. The molecule has 0 saturated heterocycles. The molecule has 0 bridgehead atoms. The molecule has 0 fully saturated rings. The first-order valence-corrected chi connectivity index (χ1v) is 8.80. The van der Waals surface area contributed by atoms with Crippen LogP contribution in [0.4, 0.5) is 0 Å². The van der Waals surface area contributed by atoms with E-state index in [1.165, 1.54) is 30.3 Å². The molecule has 0 radical (unpaired) electrons. The van der Waals surface area contributed by atoms with Crippen molar-refractivity contribution in [1.82, 2.24) is 0 Å². The van der Waals surface area contributed by atoms with Crippen LogP contribution in [0.2, 0.25) is 0 Å². The molecule has 5 nitrogen and oxygen atoms in total. The molecule has 0 aliphatic carbocycles. The number of rotatable bonds is 7. The van der Waals surface area contributed by atoms with Crippen LogP contribution < -0.4 is 0 Å². The Balaban J connectivity index is 2.04. The summed E-state index contributed by atoms with van der Waals surface area (Å²) in [6, 6.07) is 22.8. The Morgan fingerprint density at radius 3 is 1.96 bits per heavy atom. The molecule has 0 aliphatic heterocycles. The Hall–Kier alpha value is -3.28. The van der Waals surface area contributed by atoms with Crippen molar-refractivity contribution in [3.8, 4) is 0 Å². The van der Waals surface area contributed by atoms with Crippen LogP contribution in [0.25, 0.3) is 0 Å². The van der Waals surface area contributed by atoms with Crippen molar-refractivity contribution in [2.45, 2.75) is 11.5 Å². The molecule has 0 amide bonds. The molecule has 28 heavy (non-hydrogen) atoms. The SMILES string of the molecule is O=C(c1cccc(C(O)(C(=O)O)c2ccccc2)c1)C(CO)c1ccccc1. The van der Waals surface area contributed by atoms with Gasteiger partial charge in [-0.3, -0.25) is 4.79 Å². The van der Waals surface area contributed by atoms with E-state index in [0.717, 1.165) is 0 Å². The van der Waals surface area contributed by atoms with Crippen LogP contribution in [0.15, 0.2) is 84.9 Å². The number of Topliss-reactive ketones (excluding diaryl/α,β-unsaturated/α-hetero) is 1. The number of carbonyl (C=O) groups is 2. The zero-order valence-corrected chi connectivity index (χ0v) is 15.0. The largest absolute Gasteiger partial charge is 0.479 e. The molecule has 0 aliphatic rings. The molecule has 0 heterocycles. The van der Waals surface area contributed by atoms with Crippen molar-refractivity contribution in [3.05, 3.63) is 107 Å². The quantitative estimate of drug-likeness (QED) is 0.551. The summed E-state index contributed by atoms with van der Waals surface area (Å²) in [5.74, 6) is -2.56. The molecule has 0 aromatic heterocycles. The fourth-order valence-electron chi connectivity index (χ4n) is 3.22. The highest BCUT2D eigenvalue weighted by Gasteiger charge is 2.40. The average Bonchev–Trinajstić information content (AvgIpc) is 2.75. The Morgan fingerprint density at radius 2 is 1.39 bits per heavy atom. The molecule has 142 valence electrons. The van der Waals surface area contributed by atoms with E-state index in [-0.39, 0.29) is 29.1 Å². The fourth-order valence-corrected chi connectivity index (χ4v) is 3.22. The van der Waals surface area contributed by atoms with Gasteiger partial charge in [-0.1, -0.05) is 78.9 Å². The zero-order valence-electron chi connectivity index (χ0n) is 15.0. The van der Waals surface area contributed by atoms with Crippen LogP contribution in [-0.4, -0.2) is 33.7 Å². The number of hydrogen-bond donors (Lipinski definition) is 3. The zero-order chi connectivity index (χ0) is 20.1. The van der Waals surface area contributed by atoms with Gasteiger partial charge in [0.2, 0.25) is 5.60 Å². The van der Waals surface area contributed by atoms with Crippen molar-refractivity contribution in [2.24, 2.45) is 0 Å². The first-order valence-electron chi connectivity index (χ1n) is 8.80. The summed E-state index contributed by atoms with van der Waals surface area (Å²) in [6.07, 6.45) is 0. The van der Waals surface area contributed by atoms with E-state index in [1.807, 2.05) is 6.07 Å². The molecular formula is C23H20O5. The third-order valence-corrected chi connectivity index (χ3v) is 4.77. The monoisotopic (exact) mass is 376 g/mol. The molecule has 2 atom stereocenters. The Bertz CT molecular complexity index is 969. The lowest BCUT2D eigenvalue weighted by Gasteiger charge is -2.25. The number of aliphatic hydroxyl groups is 2. The molecule has 3 N–H and O–H groups in total. The second-order valence-corrected chi connectivity index (χ2v) is 6.47. The van der Waals surface area contributed by atoms with Crippen LogP contribution >= 0.6 is 0 Å².